The van der Waals surface area contributed by atoms with Gasteiger partial charge in [0.1, 0.15) is 11.3 Å². The minimum atomic E-state index is -0.797. The minimum absolute atomic E-state index is 0.129. The summed E-state index contributed by atoms with van der Waals surface area (Å²) in [6.45, 7) is 11.9. The molecule has 1 aromatic heterocycles. The second-order valence-electron chi connectivity index (χ2n) is 7.94. The Bertz CT molecular complexity index is 1250. The van der Waals surface area contributed by atoms with Crippen molar-refractivity contribution < 1.29 is 9.53 Å². The van der Waals surface area contributed by atoms with Crippen LogP contribution in [0.1, 0.15) is 20.3 Å². The van der Waals surface area contributed by atoms with E-state index in [4.69, 9.17) is 35.1 Å². The molecule has 1 fully saturated rings. The molecule has 0 spiro atoms. The number of fused-ring (bicyclic) bond motifs is 1. The summed E-state index contributed by atoms with van der Waals surface area (Å²) in [6.07, 6.45) is 2.44. The van der Waals surface area contributed by atoms with Gasteiger partial charge in [0, 0.05) is 29.2 Å². The van der Waals surface area contributed by atoms with Crippen molar-refractivity contribution >= 4 is 57.1 Å². The number of anilines is 1. The zero-order valence-corrected chi connectivity index (χ0v) is 19.3. The average molecular weight is 465 g/mol. The van der Waals surface area contributed by atoms with Crippen LogP contribution >= 0.6 is 23.8 Å². The third-order valence-corrected chi connectivity index (χ3v) is 6.21. The van der Waals surface area contributed by atoms with Gasteiger partial charge in [0.25, 0.3) is 5.91 Å². The maximum absolute atomic E-state index is 13.1. The maximum Gasteiger partial charge on any atom is 0.258 e. The van der Waals surface area contributed by atoms with E-state index in [0.717, 1.165) is 16.7 Å². The number of hydrogen-bond donors (Lipinski definition) is 0. The molecule has 32 heavy (non-hydrogen) atoms. The summed E-state index contributed by atoms with van der Waals surface area (Å²) >= 11 is 11.8. The normalized spacial score (nSPS) is 15.3. The molecule has 1 aliphatic heterocycles. The predicted octanol–water partition coefficient (Wildman–Crippen LogP) is 5.62. The Kier molecular flexibility index (Phi) is 6.00. The van der Waals surface area contributed by atoms with Crippen LogP contribution in [0, 0.1) is 6.57 Å². The largest absolute Gasteiger partial charge is 0.493 e. The van der Waals surface area contributed by atoms with Gasteiger partial charge >= 0.3 is 0 Å². The molecule has 1 amide bonds. The van der Waals surface area contributed by atoms with Crippen molar-refractivity contribution in [3.63, 3.8) is 0 Å². The molecule has 0 radical (unpaired) electrons. The molecule has 0 bridgehead atoms. The van der Waals surface area contributed by atoms with E-state index in [2.05, 4.69) is 9.83 Å². The molecule has 0 unspecified atom stereocenters. The van der Waals surface area contributed by atoms with Crippen LogP contribution in [0.25, 0.3) is 15.7 Å². The van der Waals surface area contributed by atoms with Crippen LogP contribution in [-0.2, 0) is 4.79 Å². The number of halogens is 1. The number of aromatic nitrogens is 1. The lowest BCUT2D eigenvalue weighted by atomic mass is 10.0. The van der Waals surface area contributed by atoms with Crippen LogP contribution in [0.5, 0.6) is 5.75 Å². The topological polar surface area (TPSA) is 50.0 Å². The predicted molar refractivity (Wildman–Crippen MR) is 130 cm³/mol. The zero-order valence-electron chi connectivity index (χ0n) is 17.7. The van der Waals surface area contributed by atoms with Crippen LogP contribution in [0.3, 0.4) is 0 Å². The Labute approximate surface area is 197 Å². The summed E-state index contributed by atoms with van der Waals surface area (Å²) in [5.74, 6) is 0.627. The lowest BCUT2D eigenvalue weighted by molar-refractivity contribution is -0.123. The van der Waals surface area contributed by atoms with E-state index < -0.39 is 5.54 Å². The number of benzene rings is 2. The number of thiocarbonyl (C=S) groups is 1. The lowest BCUT2D eigenvalue weighted by Gasteiger charge is -2.29. The number of nitrogens with zero attached hydrogens (tertiary/aromatic N) is 4. The highest BCUT2D eigenvalue weighted by Crippen LogP contribution is 2.36. The maximum atomic E-state index is 13.1. The standard InChI is InChI=1S/C24H21ClN4O2S/c1-24(2)22(30)29(17-8-10-20(26-3)19(25)14-17)23(32)28(24)12-5-13-31-18-9-7-16-6-4-11-27-21(16)15-18/h4,6-11,14-15H,5,12-13H2,1-2H3. The van der Waals surface area contributed by atoms with Gasteiger partial charge in [0.05, 0.1) is 24.4 Å². The molecule has 6 nitrogen and oxygen atoms in total. The van der Waals surface area contributed by atoms with E-state index in [0.29, 0.717) is 41.1 Å². The SMILES string of the molecule is [C-]#[N+]c1ccc(N2C(=O)C(C)(C)N(CCCOc3ccc4cccnc4c3)C2=S)cc1Cl. The highest BCUT2D eigenvalue weighted by atomic mass is 35.5. The first kappa shape index (κ1) is 22.0. The lowest BCUT2D eigenvalue weighted by Crippen LogP contribution is -2.44. The summed E-state index contributed by atoms with van der Waals surface area (Å²) in [4.78, 5) is 24.3. The second-order valence-corrected chi connectivity index (χ2v) is 8.71. The fourth-order valence-electron chi connectivity index (χ4n) is 3.71. The Morgan fingerprint density at radius 1 is 1.22 bits per heavy atom. The van der Waals surface area contributed by atoms with E-state index in [1.165, 1.54) is 4.90 Å². The van der Waals surface area contributed by atoms with Crippen molar-refractivity contribution in [1.29, 1.82) is 0 Å². The molecule has 8 heteroatoms. The number of carbonyl (C=O) groups is 1. The van der Waals surface area contributed by atoms with Gasteiger partial charge in [-0.15, -0.1) is 0 Å². The van der Waals surface area contributed by atoms with E-state index in [9.17, 15) is 4.79 Å². The second kappa shape index (κ2) is 8.73. The molecule has 162 valence electrons. The Morgan fingerprint density at radius 2 is 2.03 bits per heavy atom. The molecule has 2 aromatic carbocycles. The first-order valence-corrected chi connectivity index (χ1v) is 10.9. The van der Waals surface area contributed by atoms with Crippen LogP contribution < -0.4 is 9.64 Å². The highest BCUT2D eigenvalue weighted by molar-refractivity contribution is 7.80. The quantitative estimate of drug-likeness (QED) is 0.269. The molecule has 1 aliphatic rings. The Balaban J connectivity index is 1.42. The number of amides is 1. The molecule has 1 saturated heterocycles. The third kappa shape index (κ3) is 3.99. The molecule has 4 rings (SSSR count). The number of ether oxygens (including phenoxy) is 1. The van der Waals surface area contributed by atoms with Crippen molar-refractivity contribution in [2.75, 3.05) is 18.1 Å². The fraction of sp³-hybridized carbons (Fsp3) is 0.250. The van der Waals surface area contributed by atoms with Crippen molar-refractivity contribution in [1.82, 2.24) is 9.88 Å². The highest BCUT2D eigenvalue weighted by Gasteiger charge is 2.49. The number of pyridine rings is 1. The first-order chi connectivity index (χ1) is 15.3. The summed E-state index contributed by atoms with van der Waals surface area (Å²) < 4.78 is 5.90. The molecule has 0 N–H and O–H groups in total. The number of carbonyl (C=O) groups excluding carboxylic acids is 1. The van der Waals surface area contributed by atoms with E-state index >= 15 is 0 Å². The average Bonchev–Trinajstić information content (AvgIpc) is 2.95. The Morgan fingerprint density at radius 3 is 2.78 bits per heavy atom. The van der Waals surface area contributed by atoms with Gasteiger partial charge in [-0.1, -0.05) is 23.7 Å². The van der Waals surface area contributed by atoms with Crippen molar-refractivity contribution in [2.45, 2.75) is 25.8 Å². The molecule has 0 atom stereocenters. The van der Waals surface area contributed by atoms with E-state index in [1.54, 1.807) is 24.4 Å². The zero-order chi connectivity index (χ0) is 22.9. The molecular formula is C24H21ClN4O2S. The summed E-state index contributed by atoms with van der Waals surface area (Å²) in [7, 11) is 0. The number of hydrogen-bond acceptors (Lipinski definition) is 4. The van der Waals surface area contributed by atoms with Gasteiger partial charge in [-0.05, 0) is 62.8 Å². The van der Waals surface area contributed by atoms with E-state index in [-0.39, 0.29) is 5.91 Å². The van der Waals surface area contributed by atoms with E-state index in [1.807, 2.05) is 49.1 Å². The van der Waals surface area contributed by atoms with Crippen molar-refractivity contribution in [3.05, 3.63) is 71.2 Å². The molecule has 2 heterocycles. The van der Waals surface area contributed by atoms with Gasteiger partial charge in [0.2, 0.25) is 5.69 Å². The summed E-state index contributed by atoms with van der Waals surface area (Å²) in [5, 5.41) is 1.77. The summed E-state index contributed by atoms with van der Waals surface area (Å²) in [5.41, 5.74) is 0.989. The fourth-order valence-corrected chi connectivity index (χ4v) is 4.44. The van der Waals surface area contributed by atoms with Crippen LogP contribution in [-0.4, -0.2) is 39.6 Å². The van der Waals surface area contributed by atoms with Crippen LogP contribution in [0.15, 0.2) is 54.7 Å². The van der Waals surface area contributed by atoms with Gasteiger partial charge < -0.3 is 9.64 Å². The van der Waals surface area contributed by atoms with Crippen LogP contribution in [0.2, 0.25) is 5.02 Å². The van der Waals surface area contributed by atoms with Crippen molar-refractivity contribution in [2.24, 2.45) is 0 Å². The first-order valence-electron chi connectivity index (χ1n) is 10.1. The minimum Gasteiger partial charge on any atom is -0.493 e. The molecule has 3 aromatic rings. The van der Waals surface area contributed by atoms with Gasteiger partial charge in [-0.25, -0.2) is 4.85 Å². The van der Waals surface area contributed by atoms with Gasteiger partial charge in [-0.2, -0.15) is 0 Å². The van der Waals surface area contributed by atoms with Crippen LogP contribution in [0.4, 0.5) is 11.4 Å². The summed E-state index contributed by atoms with van der Waals surface area (Å²) in [6, 6.07) is 14.6. The Hall–Kier alpha value is -3.21. The van der Waals surface area contributed by atoms with Gasteiger partial charge in [0.15, 0.2) is 5.11 Å². The van der Waals surface area contributed by atoms with Crippen molar-refractivity contribution in [3.8, 4) is 5.75 Å². The monoisotopic (exact) mass is 464 g/mol. The molecular weight excluding hydrogens is 444 g/mol. The molecule has 0 saturated carbocycles. The smallest absolute Gasteiger partial charge is 0.258 e. The molecule has 0 aliphatic carbocycles. The van der Waals surface area contributed by atoms with Gasteiger partial charge in [-0.3, -0.25) is 14.7 Å². The number of rotatable bonds is 6. The third-order valence-electron chi connectivity index (χ3n) is 5.51.